The first kappa shape index (κ1) is 17.0. The van der Waals surface area contributed by atoms with E-state index in [2.05, 4.69) is 15.6 Å². The largest absolute Gasteiger partial charge is 0.373 e. The van der Waals surface area contributed by atoms with Crippen molar-refractivity contribution in [3.63, 3.8) is 0 Å². The summed E-state index contributed by atoms with van der Waals surface area (Å²) < 4.78 is 8.15. The number of rotatable bonds is 3. The maximum absolute atomic E-state index is 6.18. The Morgan fingerprint density at radius 1 is 1.22 bits per heavy atom. The average molecular weight is 384 g/mol. The maximum atomic E-state index is 6.18. The molecule has 6 nitrogen and oxygen atoms in total. The SMILES string of the molecule is Clc1ccc2ncc(-c3cccc(N[C@@H]4COC5(CCNCC5)C4)n3)n2c1. The molecule has 1 atom stereocenters. The van der Waals surface area contributed by atoms with E-state index in [0.29, 0.717) is 11.1 Å². The van der Waals surface area contributed by atoms with E-state index >= 15 is 0 Å². The summed E-state index contributed by atoms with van der Waals surface area (Å²) in [6.45, 7) is 2.81. The van der Waals surface area contributed by atoms with Crippen molar-refractivity contribution in [2.45, 2.75) is 30.9 Å². The quantitative estimate of drug-likeness (QED) is 0.726. The molecule has 5 rings (SSSR count). The Hall–Kier alpha value is -2.15. The van der Waals surface area contributed by atoms with E-state index in [1.165, 1.54) is 0 Å². The molecule has 2 fully saturated rings. The third-order valence-corrected chi connectivity index (χ3v) is 5.78. The predicted molar refractivity (Wildman–Crippen MR) is 106 cm³/mol. The van der Waals surface area contributed by atoms with Gasteiger partial charge in [0.05, 0.1) is 40.9 Å². The molecule has 0 aromatic carbocycles. The summed E-state index contributed by atoms with van der Waals surface area (Å²) in [5.74, 6) is 0.865. The molecule has 2 saturated heterocycles. The smallest absolute Gasteiger partial charge is 0.137 e. The Morgan fingerprint density at radius 2 is 2.11 bits per heavy atom. The lowest BCUT2D eigenvalue weighted by Gasteiger charge is -2.32. The van der Waals surface area contributed by atoms with Crippen LogP contribution in [-0.2, 0) is 4.74 Å². The minimum absolute atomic E-state index is 0.0406. The van der Waals surface area contributed by atoms with Crippen LogP contribution in [0.5, 0.6) is 0 Å². The second kappa shape index (κ2) is 6.78. The van der Waals surface area contributed by atoms with Crippen molar-refractivity contribution in [3.8, 4) is 11.4 Å². The van der Waals surface area contributed by atoms with Crippen molar-refractivity contribution in [1.82, 2.24) is 19.7 Å². The highest BCUT2D eigenvalue weighted by atomic mass is 35.5. The van der Waals surface area contributed by atoms with Crippen LogP contribution >= 0.6 is 11.6 Å². The van der Waals surface area contributed by atoms with Gasteiger partial charge in [-0.25, -0.2) is 9.97 Å². The molecule has 2 N–H and O–H groups in total. The molecule has 5 heterocycles. The van der Waals surface area contributed by atoms with Crippen molar-refractivity contribution in [2.75, 3.05) is 25.0 Å². The highest BCUT2D eigenvalue weighted by Crippen LogP contribution is 2.35. The van der Waals surface area contributed by atoms with Crippen molar-refractivity contribution in [2.24, 2.45) is 0 Å². The monoisotopic (exact) mass is 383 g/mol. The van der Waals surface area contributed by atoms with Crippen LogP contribution in [0.25, 0.3) is 17.0 Å². The van der Waals surface area contributed by atoms with Crippen LogP contribution in [0.15, 0.2) is 42.7 Å². The van der Waals surface area contributed by atoms with E-state index in [4.69, 9.17) is 21.3 Å². The van der Waals surface area contributed by atoms with Gasteiger partial charge in [-0.2, -0.15) is 0 Å². The highest BCUT2D eigenvalue weighted by Gasteiger charge is 2.41. The molecule has 1 spiro atoms. The standard InChI is InChI=1S/C20H22ClN5O/c21-14-4-5-19-23-11-17(26(19)12-14)16-2-1-3-18(25-16)24-15-10-20(27-13-15)6-8-22-9-7-20/h1-5,11-12,15,22H,6-10,13H2,(H,24,25)/t15-/m0/s1. The maximum Gasteiger partial charge on any atom is 0.137 e. The van der Waals surface area contributed by atoms with Gasteiger partial charge in [0, 0.05) is 6.20 Å². The first-order valence-corrected chi connectivity index (χ1v) is 9.80. The number of hydrogen-bond donors (Lipinski definition) is 2. The molecular formula is C20H22ClN5O. The molecule has 3 aromatic heterocycles. The molecule has 2 aliphatic heterocycles. The number of nitrogens with zero attached hydrogens (tertiary/aromatic N) is 3. The highest BCUT2D eigenvalue weighted by molar-refractivity contribution is 6.30. The summed E-state index contributed by atoms with van der Waals surface area (Å²) >= 11 is 6.15. The second-order valence-electron chi connectivity index (χ2n) is 7.42. The van der Waals surface area contributed by atoms with Crippen LogP contribution in [0.4, 0.5) is 5.82 Å². The normalized spacial score (nSPS) is 21.7. The molecule has 2 aliphatic rings. The van der Waals surface area contributed by atoms with Crippen molar-refractivity contribution >= 4 is 23.1 Å². The number of anilines is 1. The summed E-state index contributed by atoms with van der Waals surface area (Å²) in [5, 5.41) is 7.65. The molecule has 140 valence electrons. The zero-order valence-electron chi connectivity index (χ0n) is 15.0. The van der Waals surface area contributed by atoms with Crippen LogP contribution in [-0.4, -0.2) is 45.7 Å². The summed E-state index contributed by atoms with van der Waals surface area (Å²) in [5.41, 5.74) is 2.68. The van der Waals surface area contributed by atoms with Gasteiger partial charge in [0.2, 0.25) is 0 Å². The zero-order chi connectivity index (χ0) is 18.3. The Morgan fingerprint density at radius 3 is 3.00 bits per heavy atom. The summed E-state index contributed by atoms with van der Waals surface area (Å²) in [7, 11) is 0. The molecule has 27 heavy (non-hydrogen) atoms. The molecular weight excluding hydrogens is 362 g/mol. The number of hydrogen-bond acceptors (Lipinski definition) is 5. The summed E-state index contributed by atoms with van der Waals surface area (Å²) in [6, 6.07) is 10.1. The van der Waals surface area contributed by atoms with E-state index in [1.807, 2.05) is 47.1 Å². The fourth-order valence-electron chi connectivity index (χ4n) is 4.18. The van der Waals surface area contributed by atoms with E-state index in [1.54, 1.807) is 0 Å². The van der Waals surface area contributed by atoms with Gasteiger partial charge >= 0.3 is 0 Å². The van der Waals surface area contributed by atoms with Crippen molar-refractivity contribution in [3.05, 3.63) is 47.7 Å². The summed E-state index contributed by atoms with van der Waals surface area (Å²) in [6.07, 6.45) is 6.90. The van der Waals surface area contributed by atoms with Gasteiger partial charge in [0.25, 0.3) is 0 Å². The number of nitrogens with one attached hydrogen (secondary N) is 2. The Balaban J connectivity index is 1.37. The Bertz CT molecular complexity index is 966. The number of halogens is 1. The lowest BCUT2D eigenvalue weighted by molar-refractivity contribution is -0.0192. The first-order valence-electron chi connectivity index (χ1n) is 9.42. The predicted octanol–water partition coefficient (Wildman–Crippen LogP) is 3.37. The number of ether oxygens (including phenoxy) is 1. The van der Waals surface area contributed by atoms with E-state index < -0.39 is 0 Å². The lowest BCUT2D eigenvalue weighted by Crippen LogP contribution is -2.41. The molecule has 0 bridgehead atoms. The number of aromatic nitrogens is 3. The molecule has 0 unspecified atom stereocenters. The van der Waals surface area contributed by atoms with E-state index in [9.17, 15) is 0 Å². The first-order chi connectivity index (χ1) is 13.2. The number of piperidine rings is 1. The van der Waals surface area contributed by atoms with Crippen molar-refractivity contribution < 1.29 is 4.74 Å². The van der Waals surface area contributed by atoms with Gasteiger partial charge in [-0.15, -0.1) is 0 Å². The van der Waals surface area contributed by atoms with Crippen LogP contribution in [0.2, 0.25) is 5.02 Å². The number of pyridine rings is 2. The Kier molecular flexibility index (Phi) is 4.27. The van der Waals surface area contributed by atoms with Crippen LogP contribution < -0.4 is 10.6 Å². The van der Waals surface area contributed by atoms with Crippen molar-refractivity contribution in [1.29, 1.82) is 0 Å². The van der Waals surface area contributed by atoms with Gasteiger partial charge < -0.3 is 15.4 Å². The lowest BCUT2D eigenvalue weighted by atomic mass is 9.88. The topological polar surface area (TPSA) is 63.5 Å². The fraction of sp³-hybridized carbons (Fsp3) is 0.400. The number of imidazole rings is 1. The van der Waals surface area contributed by atoms with Crippen LogP contribution in [0.1, 0.15) is 19.3 Å². The zero-order valence-corrected chi connectivity index (χ0v) is 15.7. The minimum atomic E-state index is 0.0406. The minimum Gasteiger partial charge on any atom is -0.373 e. The molecule has 0 amide bonds. The van der Waals surface area contributed by atoms with E-state index in [0.717, 1.165) is 61.8 Å². The van der Waals surface area contributed by atoms with Gasteiger partial charge in [-0.05, 0) is 56.6 Å². The second-order valence-corrected chi connectivity index (χ2v) is 7.85. The van der Waals surface area contributed by atoms with E-state index in [-0.39, 0.29) is 5.60 Å². The average Bonchev–Trinajstić information content (AvgIpc) is 3.27. The van der Waals surface area contributed by atoms with Gasteiger partial charge in [0.15, 0.2) is 0 Å². The molecule has 7 heteroatoms. The van der Waals surface area contributed by atoms with Crippen LogP contribution in [0.3, 0.4) is 0 Å². The fourth-order valence-corrected chi connectivity index (χ4v) is 4.34. The third-order valence-electron chi connectivity index (χ3n) is 5.56. The van der Waals surface area contributed by atoms with Gasteiger partial charge in [-0.1, -0.05) is 17.7 Å². The summed E-state index contributed by atoms with van der Waals surface area (Å²) in [4.78, 5) is 9.25. The molecule has 3 aromatic rings. The molecule has 0 saturated carbocycles. The third kappa shape index (κ3) is 3.29. The number of fused-ring (bicyclic) bond motifs is 1. The molecule has 0 aliphatic carbocycles. The van der Waals surface area contributed by atoms with Gasteiger partial charge in [0.1, 0.15) is 11.5 Å². The van der Waals surface area contributed by atoms with Crippen LogP contribution in [0, 0.1) is 0 Å². The Labute approximate surface area is 162 Å². The molecule has 0 radical (unpaired) electrons. The van der Waals surface area contributed by atoms with Gasteiger partial charge in [-0.3, -0.25) is 4.40 Å².